The Bertz CT molecular complexity index is 635. The minimum absolute atomic E-state index is 0.000979. The summed E-state index contributed by atoms with van der Waals surface area (Å²) in [4.78, 5) is 16.6. The van der Waals surface area contributed by atoms with Gasteiger partial charge in [-0.05, 0) is 19.8 Å². The van der Waals surface area contributed by atoms with Crippen LogP contribution < -0.4 is 5.32 Å². The predicted molar refractivity (Wildman–Crippen MR) is 74.0 cm³/mol. The number of hydrogen-bond acceptors (Lipinski definition) is 4. The van der Waals surface area contributed by atoms with E-state index in [-0.39, 0.29) is 29.4 Å². The molecular weight excluding hydrogens is 278 g/mol. The Morgan fingerprint density at radius 3 is 2.95 bits per heavy atom. The van der Waals surface area contributed by atoms with Crippen LogP contribution in [0.15, 0.2) is 6.20 Å². The standard InChI is InChI=1S/C13H19N3O3S/c1-9-6-16-7-11(2-3-12(16)14-9)15-13(17)10-4-5-20(18,19)8-10/h6,10-11H,2-5,7-8H2,1H3,(H,15,17)/t10-,11+/m1/s1. The van der Waals surface area contributed by atoms with Crippen molar-refractivity contribution in [3.05, 3.63) is 17.7 Å². The Labute approximate surface area is 118 Å². The van der Waals surface area contributed by atoms with Crippen molar-refractivity contribution >= 4 is 15.7 Å². The molecule has 0 aliphatic carbocycles. The Kier molecular flexibility index (Phi) is 3.32. The van der Waals surface area contributed by atoms with Crippen LogP contribution in [0.1, 0.15) is 24.4 Å². The zero-order valence-corrected chi connectivity index (χ0v) is 12.3. The van der Waals surface area contributed by atoms with Gasteiger partial charge < -0.3 is 9.88 Å². The van der Waals surface area contributed by atoms with Gasteiger partial charge in [-0.1, -0.05) is 0 Å². The molecule has 1 amide bonds. The molecule has 0 saturated carbocycles. The number of amides is 1. The topological polar surface area (TPSA) is 81.1 Å². The highest BCUT2D eigenvalue weighted by molar-refractivity contribution is 7.91. The number of aryl methyl sites for hydroxylation is 2. The highest BCUT2D eigenvalue weighted by Crippen LogP contribution is 2.20. The van der Waals surface area contributed by atoms with Crippen LogP contribution in [0.2, 0.25) is 0 Å². The molecule has 2 atom stereocenters. The molecule has 0 unspecified atom stereocenters. The second-order valence-corrected chi connectivity index (χ2v) is 8.02. The molecule has 1 aromatic rings. The van der Waals surface area contributed by atoms with Crippen molar-refractivity contribution in [2.75, 3.05) is 11.5 Å². The summed E-state index contributed by atoms with van der Waals surface area (Å²) >= 11 is 0. The molecule has 7 heteroatoms. The van der Waals surface area contributed by atoms with E-state index in [1.54, 1.807) is 0 Å². The number of nitrogens with zero attached hydrogens (tertiary/aromatic N) is 2. The molecule has 6 nitrogen and oxygen atoms in total. The van der Waals surface area contributed by atoms with Gasteiger partial charge in [0.2, 0.25) is 5.91 Å². The van der Waals surface area contributed by atoms with E-state index in [9.17, 15) is 13.2 Å². The van der Waals surface area contributed by atoms with Crippen LogP contribution in [0.3, 0.4) is 0 Å². The summed E-state index contributed by atoms with van der Waals surface area (Å²) in [5, 5.41) is 3.00. The third kappa shape index (κ3) is 2.72. The van der Waals surface area contributed by atoms with Crippen molar-refractivity contribution in [1.29, 1.82) is 0 Å². The number of hydrogen-bond donors (Lipinski definition) is 1. The van der Waals surface area contributed by atoms with Gasteiger partial charge in [0.15, 0.2) is 9.84 Å². The van der Waals surface area contributed by atoms with E-state index in [4.69, 9.17) is 0 Å². The minimum atomic E-state index is -3.00. The molecule has 1 fully saturated rings. The highest BCUT2D eigenvalue weighted by atomic mass is 32.2. The summed E-state index contributed by atoms with van der Waals surface area (Å²) in [6.07, 6.45) is 4.16. The number of carbonyl (C=O) groups is 1. The number of carbonyl (C=O) groups excluding carboxylic acids is 1. The van der Waals surface area contributed by atoms with Gasteiger partial charge in [0.25, 0.3) is 0 Å². The smallest absolute Gasteiger partial charge is 0.224 e. The van der Waals surface area contributed by atoms with E-state index in [2.05, 4.69) is 14.9 Å². The molecule has 0 bridgehead atoms. The maximum absolute atomic E-state index is 12.1. The first-order valence-electron chi connectivity index (χ1n) is 6.96. The van der Waals surface area contributed by atoms with E-state index in [1.165, 1.54) is 0 Å². The Morgan fingerprint density at radius 1 is 1.45 bits per heavy atom. The third-order valence-corrected chi connectivity index (χ3v) is 5.83. The van der Waals surface area contributed by atoms with Gasteiger partial charge in [-0.2, -0.15) is 0 Å². The fourth-order valence-corrected chi connectivity index (χ4v) is 4.77. The summed E-state index contributed by atoms with van der Waals surface area (Å²) in [6.45, 7) is 2.68. The van der Waals surface area contributed by atoms with E-state index in [0.717, 1.165) is 30.9 Å². The average Bonchev–Trinajstić information content (AvgIpc) is 2.90. The van der Waals surface area contributed by atoms with E-state index < -0.39 is 9.84 Å². The molecule has 2 aliphatic heterocycles. The minimum Gasteiger partial charge on any atom is -0.351 e. The van der Waals surface area contributed by atoms with Crippen LogP contribution in [-0.2, 0) is 27.6 Å². The molecule has 1 saturated heterocycles. The molecule has 0 spiro atoms. The van der Waals surface area contributed by atoms with Crippen molar-refractivity contribution in [3.8, 4) is 0 Å². The monoisotopic (exact) mass is 297 g/mol. The van der Waals surface area contributed by atoms with Gasteiger partial charge in [0.1, 0.15) is 5.82 Å². The van der Waals surface area contributed by atoms with Gasteiger partial charge in [0.05, 0.1) is 23.1 Å². The second kappa shape index (κ2) is 4.87. The van der Waals surface area contributed by atoms with Crippen molar-refractivity contribution in [2.24, 2.45) is 5.92 Å². The zero-order chi connectivity index (χ0) is 14.3. The Morgan fingerprint density at radius 2 is 2.25 bits per heavy atom. The van der Waals surface area contributed by atoms with Gasteiger partial charge >= 0.3 is 0 Å². The SMILES string of the molecule is Cc1cn2c(n1)CC[C@H](NC(=O)[C@@H]1CCS(=O)(=O)C1)C2. The lowest BCUT2D eigenvalue weighted by atomic mass is 10.0. The summed E-state index contributed by atoms with van der Waals surface area (Å²) in [5.74, 6) is 0.723. The van der Waals surface area contributed by atoms with Crippen LogP contribution in [0.4, 0.5) is 0 Å². The lowest BCUT2D eigenvalue weighted by Crippen LogP contribution is -2.43. The quantitative estimate of drug-likeness (QED) is 0.837. The summed E-state index contributed by atoms with van der Waals surface area (Å²) in [6, 6.07) is 0.0758. The van der Waals surface area contributed by atoms with Gasteiger partial charge in [-0.25, -0.2) is 13.4 Å². The molecule has 3 heterocycles. The first kappa shape index (κ1) is 13.6. The number of imidazole rings is 1. The molecular formula is C13H19N3O3S. The molecule has 20 heavy (non-hydrogen) atoms. The molecule has 2 aliphatic rings. The van der Waals surface area contributed by atoms with Crippen LogP contribution in [0, 0.1) is 12.8 Å². The van der Waals surface area contributed by atoms with Crippen molar-refractivity contribution in [1.82, 2.24) is 14.9 Å². The fraction of sp³-hybridized carbons (Fsp3) is 0.692. The molecule has 110 valence electrons. The zero-order valence-electron chi connectivity index (χ0n) is 11.5. The van der Waals surface area contributed by atoms with Gasteiger partial charge in [-0.15, -0.1) is 0 Å². The molecule has 1 aromatic heterocycles. The van der Waals surface area contributed by atoms with Crippen LogP contribution >= 0.6 is 0 Å². The number of aromatic nitrogens is 2. The highest BCUT2D eigenvalue weighted by Gasteiger charge is 2.34. The van der Waals surface area contributed by atoms with Crippen molar-refractivity contribution in [2.45, 2.75) is 38.8 Å². The maximum Gasteiger partial charge on any atom is 0.224 e. The van der Waals surface area contributed by atoms with E-state index in [1.807, 2.05) is 13.1 Å². The number of fused-ring (bicyclic) bond motifs is 1. The van der Waals surface area contributed by atoms with Crippen molar-refractivity contribution < 1.29 is 13.2 Å². The number of sulfone groups is 1. The van der Waals surface area contributed by atoms with Gasteiger partial charge in [0, 0.05) is 25.2 Å². The van der Waals surface area contributed by atoms with Crippen molar-refractivity contribution in [3.63, 3.8) is 0 Å². The summed E-state index contributed by atoms with van der Waals surface area (Å²) < 4.78 is 24.9. The van der Waals surface area contributed by atoms with Crippen LogP contribution in [0.25, 0.3) is 0 Å². The Hall–Kier alpha value is -1.37. The number of rotatable bonds is 2. The first-order valence-corrected chi connectivity index (χ1v) is 8.78. The van der Waals surface area contributed by atoms with E-state index >= 15 is 0 Å². The van der Waals surface area contributed by atoms with Gasteiger partial charge in [-0.3, -0.25) is 4.79 Å². The number of nitrogens with one attached hydrogen (secondary N) is 1. The largest absolute Gasteiger partial charge is 0.351 e. The van der Waals surface area contributed by atoms with Crippen LogP contribution in [0.5, 0.6) is 0 Å². The lowest BCUT2D eigenvalue weighted by Gasteiger charge is -2.25. The third-order valence-electron chi connectivity index (χ3n) is 4.06. The lowest BCUT2D eigenvalue weighted by molar-refractivity contribution is -0.125. The second-order valence-electron chi connectivity index (χ2n) is 5.80. The molecule has 1 N–H and O–H groups in total. The first-order chi connectivity index (χ1) is 9.43. The molecule has 0 radical (unpaired) electrons. The summed E-state index contributed by atoms with van der Waals surface area (Å²) in [5.41, 5.74) is 0.994. The molecule has 0 aromatic carbocycles. The van der Waals surface area contributed by atoms with Crippen LogP contribution in [-0.4, -0.2) is 41.4 Å². The normalized spacial score (nSPS) is 28.1. The average molecular weight is 297 g/mol. The summed E-state index contributed by atoms with van der Waals surface area (Å²) in [7, 11) is -3.00. The maximum atomic E-state index is 12.1. The predicted octanol–water partition coefficient (Wildman–Crippen LogP) is 0.0572. The molecule has 3 rings (SSSR count). The fourth-order valence-electron chi connectivity index (χ4n) is 3.02. The Balaban J connectivity index is 1.61. The van der Waals surface area contributed by atoms with E-state index in [0.29, 0.717) is 6.42 Å².